The molecule has 36 heavy (non-hydrogen) atoms. The molecule has 1 aliphatic rings. The molecule has 0 N–H and O–H groups in total. The Labute approximate surface area is 213 Å². The maximum absolute atomic E-state index is 4.72. The third-order valence-electron chi connectivity index (χ3n) is 3.55. The number of oxazole rings is 1. The van der Waals surface area contributed by atoms with E-state index in [1.54, 1.807) is 51.8 Å². The van der Waals surface area contributed by atoms with Gasteiger partial charge in [0.1, 0.15) is 12.1 Å². The van der Waals surface area contributed by atoms with Crippen LogP contribution in [0.15, 0.2) is 48.2 Å². The largest absolute Gasteiger partial charge is 0.449 e. The summed E-state index contributed by atoms with van der Waals surface area (Å²) < 4.78 is 15.7. The second kappa shape index (κ2) is 18.4. The van der Waals surface area contributed by atoms with E-state index < -0.39 is 0 Å². The molecule has 4 aromatic rings. The van der Waals surface area contributed by atoms with Gasteiger partial charge in [0.05, 0.1) is 18.4 Å². The first kappa shape index (κ1) is 32.0. The van der Waals surface area contributed by atoms with Gasteiger partial charge in [-0.1, -0.05) is 24.2 Å². The summed E-state index contributed by atoms with van der Waals surface area (Å²) in [5, 5.41) is 11.1. The maximum atomic E-state index is 4.72. The molecular weight excluding hydrogens is 462 g/mol. The second-order valence-electron chi connectivity index (χ2n) is 7.11. The number of rotatable bonds is 0. The zero-order valence-electron chi connectivity index (χ0n) is 23.3. The molecule has 5 rings (SSSR count). The van der Waals surface area contributed by atoms with Gasteiger partial charge in [0.15, 0.2) is 17.5 Å². The second-order valence-corrected chi connectivity index (χ2v) is 7.11. The van der Waals surface area contributed by atoms with Crippen LogP contribution in [0, 0.1) is 41.5 Å². The molecule has 0 unspecified atom stereocenters. The number of aliphatic imine (C=N–C) groups is 2. The van der Waals surface area contributed by atoms with Crippen molar-refractivity contribution in [3.05, 3.63) is 59.7 Å². The highest BCUT2D eigenvalue weighted by atomic mass is 16.5. The van der Waals surface area contributed by atoms with E-state index in [2.05, 4.69) is 49.4 Å². The van der Waals surface area contributed by atoms with Gasteiger partial charge in [-0.15, -0.1) is 0 Å². The Balaban J connectivity index is 0.000000418. The van der Waals surface area contributed by atoms with Crippen LogP contribution < -0.4 is 0 Å². The number of nitrogens with zero attached hydrogens (tertiary/aromatic N) is 9. The van der Waals surface area contributed by atoms with E-state index in [9.17, 15) is 0 Å². The Kier molecular flexibility index (Phi) is 16.4. The monoisotopic (exact) mass is 501 g/mol. The minimum Gasteiger partial charge on any atom is -0.449 e. The lowest BCUT2D eigenvalue weighted by Gasteiger charge is -1.79. The van der Waals surface area contributed by atoms with Gasteiger partial charge in [0.25, 0.3) is 0 Å². The third-order valence-corrected chi connectivity index (χ3v) is 3.55. The summed E-state index contributed by atoms with van der Waals surface area (Å²) in [4.78, 5) is 19.5. The van der Waals surface area contributed by atoms with Crippen molar-refractivity contribution in [3.8, 4) is 0 Å². The first-order valence-electron chi connectivity index (χ1n) is 11.5. The van der Waals surface area contributed by atoms with Crippen molar-refractivity contribution in [3.63, 3.8) is 0 Å². The molecule has 0 amide bonds. The number of amidine groups is 1. The summed E-state index contributed by atoms with van der Waals surface area (Å²) >= 11 is 0. The Bertz CT molecular complexity index is 999. The minimum absolute atomic E-state index is 0.623. The highest BCUT2D eigenvalue weighted by molar-refractivity contribution is 6.01. The van der Waals surface area contributed by atoms with Crippen LogP contribution >= 0.6 is 0 Å². The van der Waals surface area contributed by atoms with Crippen molar-refractivity contribution in [2.75, 3.05) is 6.54 Å². The molecule has 5 heterocycles. The van der Waals surface area contributed by atoms with E-state index in [0.29, 0.717) is 23.4 Å². The van der Waals surface area contributed by atoms with E-state index in [-0.39, 0.29) is 0 Å². The summed E-state index contributed by atoms with van der Waals surface area (Å²) in [5.74, 6) is 4.26. The molecule has 0 aliphatic carbocycles. The molecular formula is C24H39N9O3. The third kappa shape index (κ3) is 16.6. The van der Waals surface area contributed by atoms with E-state index in [0.717, 1.165) is 29.7 Å². The van der Waals surface area contributed by atoms with Crippen molar-refractivity contribution < 1.29 is 13.5 Å². The number of hydrogen-bond acceptors (Lipinski definition) is 11. The highest BCUT2D eigenvalue weighted by Gasteiger charge is 1.97. The van der Waals surface area contributed by atoms with Gasteiger partial charge in [-0.2, -0.15) is 15.1 Å². The molecule has 0 bridgehead atoms. The Morgan fingerprint density at radius 3 is 1.47 bits per heavy atom. The van der Waals surface area contributed by atoms with Gasteiger partial charge in [-0.05, 0) is 40.7 Å². The maximum Gasteiger partial charge on any atom is 0.223 e. The number of aromatic nitrogens is 7. The van der Waals surface area contributed by atoms with Gasteiger partial charge >= 0.3 is 0 Å². The van der Waals surface area contributed by atoms with E-state index >= 15 is 0 Å². The van der Waals surface area contributed by atoms with Crippen LogP contribution in [0.25, 0.3) is 0 Å². The fourth-order valence-corrected chi connectivity index (χ4v) is 2.20. The summed E-state index contributed by atoms with van der Waals surface area (Å²) in [7, 11) is 1.91. The Morgan fingerprint density at radius 1 is 0.806 bits per heavy atom. The molecule has 12 nitrogen and oxygen atoms in total. The average molecular weight is 502 g/mol. The first-order chi connectivity index (χ1) is 17.0. The molecule has 0 radical (unpaired) electrons. The van der Waals surface area contributed by atoms with Crippen molar-refractivity contribution >= 4 is 11.5 Å². The van der Waals surface area contributed by atoms with Crippen LogP contribution in [-0.2, 0) is 7.05 Å². The average Bonchev–Trinajstić information content (AvgIpc) is 3.66. The van der Waals surface area contributed by atoms with Gasteiger partial charge in [0, 0.05) is 39.7 Å². The smallest absolute Gasteiger partial charge is 0.223 e. The summed E-state index contributed by atoms with van der Waals surface area (Å²) in [5.41, 5.74) is 2.19. The molecule has 0 spiro atoms. The SMILES string of the molecule is CC.CC1=NC(C)=NC1.Cc1ccn(C)n1.Cc1ncco1.Cc1noc(C)n1.Cc1noc(C)n1. The van der Waals surface area contributed by atoms with Crippen LogP contribution in [0.4, 0.5) is 0 Å². The van der Waals surface area contributed by atoms with Crippen LogP contribution in [-0.4, -0.2) is 53.1 Å². The molecule has 0 fully saturated rings. The van der Waals surface area contributed by atoms with E-state index in [4.69, 9.17) is 4.42 Å². The van der Waals surface area contributed by atoms with Crippen LogP contribution in [0.3, 0.4) is 0 Å². The lowest BCUT2D eigenvalue weighted by atomic mass is 10.4. The molecule has 4 aromatic heterocycles. The Morgan fingerprint density at radius 2 is 1.36 bits per heavy atom. The Hall–Kier alpha value is -3.96. The van der Waals surface area contributed by atoms with Crippen LogP contribution in [0.5, 0.6) is 0 Å². The van der Waals surface area contributed by atoms with Crippen molar-refractivity contribution in [2.45, 2.75) is 69.2 Å². The van der Waals surface area contributed by atoms with Gasteiger partial charge in [-0.3, -0.25) is 9.67 Å². The van der Waals surface area contributed by atoms with Gasteiger partial charge in [0.2, 0.25) is 11.8 Å². The van der Waals surface area contributed by atoms with Crippen LogP contribution in [0.2, 0.25) is 0 Å². The van der Waals surface area contributed by atoms with Crippen molar-refractivity contribution in [1.29, 1.82) is 0 Å². The van der Waals surface area contributed by atoms with E-state index in [1.165, 1.54) is 0 Å². The number of hydrogen-bond donors (Lipinski definition) is 0. The van der Waals surface area contributed by atoms with Crippen molar-refractivity contribution in [2.24, 2.45) is 17.0 Å². The fraction of sp³-hybridized carbons (Fsp3) is 0.500. The predicted molar refractivity (Wildman–Crippen MR) is 139 cm³/mol. The molecule has 0 saturated heterocycles. The highest BCUT2D eigenvalue weighted by Crippen LogP contribution is 1.93. The zero-order valence-corrected chi connectivity index (χ0v) is 23.3. The number of aryl methyl sites for hydroxylation is 7. The minimum atomic E-state index is 0.623. The normalized spacial score (nSPS) is 10.9. The summed E-state index contributed by atoms with van der Waals surface area (Å²) in [6.45, 7) is 19.6. The predicted octanol–water partition coefficient (Wildman–Crippen LogP) is 4.99. The fourth-order valence-electron chi connectivity index (χ4n) is 2.20. The topological polar surface area (TPSA) is 146 Å². The lowest BCUT2D eigenvalue weighted by Crippen LogP contribution is -1.87. The molecule has 1 aliphatic heterocycles. The van der Waals surface area contributed by atoms with Crippen molar-refractivity contribution in [1.82, 2.24) is 35.0 Å². The standard InChI is InChI=1S/2C5H8N2.2C4H6N2O.C4H5NO.C2H6/c1-5-3-4-7(2)6-5;1-4-3-6-5(2)7-4;2*1-3-5-4(2)7-6-3;1-4-5-2-3-6-4;1-2/h3-4H,1-2H3;3H2,1-2H3;2*1-2H3;2-3H,1H3;1-2H3. The van der Waals surface area contributed by atoms with Crippen LogP contribution in [0.1, 0.15) is 62.7 Å². The lowest BCUT2D eigenvalue weighted by molar-refractivity contribution is 0.389. The zero-order chi connectivity index (χ0) is 27.5. The molecule has 0 saturated carbocycles. The molecule has 0 atom stereocenters. The van der Waals surface area contributed by atoms with Gasteiger partial charge < -0.3 is 13.5 Å². The summed E-state index contributed by atoms with van der Waals surface area (Å²) in [6.07, 6.45) is 5.10. The first-order valence-corrected chi connectivity index (χ1v) is 11.5. The molecule has 12 heteroatoms. The molecule has 198 valence electrons. The van der Waals surface area contributed by atoms with Gasteiger partial charge in [-0.25, -0.2) is 9.98 Å². The quantitative estimate of drug-likeness (QED) is 0.325. The van der Waals surface area contributed by atoms with E-state index in [1.807, 2.05) is 53.9 Å². The summed E-state index contributed by atoms with van der Waals surface area (Å²) in [6, 6.07) is 1.97. The molecule has 0 aromatic carbocycles.